The zero-order valence-electron chi connectivity index (χ0n) is 14.1. The molecule has 7 nitrogen and oxygen atoms in total. The van der Waals surface area contributed by atoms with E-state index >= 15 is 0 Å². The fourth-order valence-electron chi connectivity index (χ4n) is 3.72. The summed E-state index contributed by atoms with van der Waals surface area (Å²) in [5, 5.41) is 6.56. The maximum atomic E-state index is 12.3. The van der Waals surface area contributed by atoms with Crippen molar-refractivity contribution in [3.63, 3.8) is 0 Å². The van der Waals surface area contributed by atoms with Crippen LogP contribution in [0.4, 0.5) is 0 Å². The van der Waals surface area contributed by atoms with Crippen LogP contribution in [-0.4, -0.2) is 57.9 Å². The highest BCUT2D eigenvalue weighted by Gasteiger charge is 2.54. The van der Waals surface area contributed by atoms with Crippen LogP contribution in [0.15, 0.2) is 36.7 Å². The molecule has 2 fully saturated rings. The molecule has 132 valence electrons. The van der Waals surface area contributed by atoms with E-state index in [4.69, 9.17) is 9.47 Å². The van der Waals surface area contributed by atoms with Crippen molar-refractivity contribution in [3.05, 3.63) is 48.0 Å². The lowest BCUT2D eigenvalue weighted by Gasteiger charge is -2.50. The third-order valence-corrected chi connectivity index (χ3v) is 5.12. The van der Waals surface area contributed by atoms with Crippen LogP contribution in [-0.2, 0) is 16.1 Å². The Balaban J connectivity index is 1.25. The second kappa shape index (κ2) is 6.93. The molecule has 4 rings (SSSR count). The molecule has 0 aliphatic carbocycles. The lowest BCUT2D eigenvalue weighted by molar-refractivity contribution is -0.120. The Morgan fingerprint density at radius 3 is 3.04 bits per heavy atom. The van der Waals surface area contributed by atoms with Crippen molar-refractivity contribution >= 4 is 5.91 Å². The molecule has 1 atom stereocenters. The molecule has 2 aromatic rings. The topological polar surface area (TPSA) is 80.3 Å². The molecule has 7 heteroatoms. The van der Waals surface area contributed by atoms with E-state index in [0.717, 1.165) is 25.1 Å². The monoisotopic (exact) mass is 342 g/mol. The number of amides is 1. The average molecular weight is 342 g/mol. The van der Waals surface area contributed by atoms with E-state index in [1.807, 2.05) is 23.1 Å². The van der Waals surface area contributed by atoms with E-state index < -0.39 is 0 Å². The van der Waals surface area contributed by atoms with Crippen LogP contribution in [0.2, 0.25) is 0 Å². The van der Waals surface area contributed by atoms with Gasteiger partial charge in [0.05, 0.1) is 25.4 Å². The normalized spacial score (nSPS) is 21.4. The largest absolute Gasteiger partial charge is 0.375 e. The Morgan fingerprint density at radius 1 is 1.36 bits per heavy atom. The fourth-order valence-corrected chi connectivity index (χ4v) is 3.72. The first-order valence-corrected chi connectivity index (χ1v) is 8.67. The number of hydrogen-bond donors (Lipinski definition) is 1. The van der Waals surface area contributed by atoms with Crippen molar-refractivity contribution in [1.82, 2.24) is 20.1 Å². The summed E-state index contributed by atoms with van der Waals surface area (Å²) in [6.45, 7) is 3.27. The molecular weight excluding hydrogens is 320 g/mol. The van der Waals surface area contributed by atoms with Crippen molar-refractivity contribution in [2.24, 2.45) is 5.92 Å². The molecule has 1 spiro atoms. The third-order valence-electron chi connectivity index (χ3n) is 5.12. The van der Waals surface area contributed by atoms with Crippen molar-refractivity contribution in [2.75, 3.05) is 26.3 Å². The lowest BCUT2D eigenvalue weighted by Crippen LogP contribution is -2.66. The van der Waals surface area contributed by atoms with Crippen molar-refractivity contribution in [3.8, 4) is 0 Å². The molecule has 0 saturated carbocycles. The van der Waals surface area contributed by atoms with Crippen LogP contribution in [0, 0.1) is 5.92 Å². The van der Waals surface area contributed by atoms with Crippen LogP contribution in [0.1, 0.15) is 29.0 Å². The summed E-state index contributed by atoms with van der Waals surface area (Å²) in [5.74, 6) is 0.422. The van der Waals surface area contributed by atoms with E-state index in [0.29, 0.717) is 37.9 Å². The summed E-state index contributed by atoms with van der Waals surface area (Å²) in [6, 6.07) is 7.53. The number of hydrogen-bond acceptors (Lipinski definition) is 5. The molecule has 2 aliphatic rings. The first-order valence-electron chi connectivity index (χ1n) is 8.67. The standard InChI is InChI=1S/C18H22N4O3/c23-17(16-4-8-20-21-16)22-12-18(13-22)14(6-10-25-18)5-9-24-11-15-3-1-2-7-19-15/h1-4,7-8,14H,5-6,9-13H2,(H,20,21)/t14-/m1/s1. The lowest BCUT2D eigenvalue weighted by atomic mass is 9.79. The Kier molecular flexibility index (Phi) is 4.50. The molecule has 1 amide bonds. The van der Waals surface area contributed by atoms with Gasteiger partial charge in [0.1, 0.15) is 11.3 Å². The number of ether oxygens (including phenoxy) is 2. The van der Waals surface area contributed by atoms with Crippen LogP contribution < -0.4 is 0 Å². The zero-order valence-corrected chi connectivity index (χ0v) is 14.1. The van der Waals surface area contributed by atoms with Crippen molar-refractivity contribution < 1.29 is 14.3 Å². The maximum absolute atomic E-state index is 12.3. The molecular formula is C18H22N4O3. The number of likely N-dealkylation sites (tertiary alicyclic amines) is 1. The van der Waals surface area contributed by atoms with Gasteiger partial charge in [0.25, 0.3) is 5.91 Å². The highest BCUT2D eigenvalue weighted by molar-refractivity contribution is 5.93. The second-order valence-electron chi connectivity index (χ2n) is 6.69. The van der Waals surface area contributed by atoms with E-state index in [1.54, 1.807) is 18.5 Å². The van der Waals surface area contributed by atoms with Gasteiger partial charge in [-0.1, -0.05) is 6.07 Å². The number of nitrogens with zero attached hydrogens (tertiary/aromatic N) is 3. The Bertz CT molecular complexity index is 698. The van der Waals surface area contributed by atoms with Gasteiger partial charge in [0, 0.05) is 25.6 Å². The average Bonchev–Trinajstić information content (AvgIpc) is 3.27. The van der Waals surface area contributed by atoms with Crippen LogP contribution in [0.3, 0.4) is 0 Å². The molecule has 0 bridgehead atoms. The van der Waals surface area contributed by atoms with E-state index in [9.17, 15) is 4.79 Å². The van der Waals surface area contributed by atoms with E-state index in [2.05, 4.69) is 15.2 Å². The summed E-state index contributed by atoms with van der Waals surface area (Å²) in [6.07, 6.45) is 5.34. The van der Waals surface area contributed by atoms with Gasteiger partial charge in [-0.2, -0.15) is 5.10 Å². The summed E-state index contributed by atoms with van der Waals surface area (Å²) >= 11 is 0. The minimum absolute atomic E-state index is 0.0104. The Labute approximate surface area is 146 Å². The first-order chi connectivity index (χ1) is 12.3. The minimum atomic E-state index is -0.190. The number of aromatic nitrogens is 3. The number of H-pyrrole nitrogens is 1. The van der Waals surface area contributed by atoms with E-state index in [1.165, 1.54) is 0 Å². The molecule has 2 aliphatic heterocycles. The van der Waals surface area contributed by atoms with Gasteiger partial charge in [-0.05, 0) is 37.0 Å². The van der Waals surface area contributed by atoms with Gasteiger partial charge >= 0.3 is 0 Å². The second-order valence-corrected chi connectivity index (χ2v) is 6.69. The van der Waals surface area contributed by atoms with Crippen LogP contribution in [0.25, 0.3) is 0 Å². The van der Waals surface area contributed by atoms with Gasteiger partial charge in [-0.3, -0.25) is 14.9 Å². The Morgan fingerprint density at radius 2 is 2.28 bits per heavy atom. The molecule has 2 aromatic heterocycles. The summed E-state index contributed by atoms with van der Waals surface area (Å²) in [7, 11) is 0. The van der Waals surface area contributed by atoms with Gasteiger partial charge in [-0.15, -0.1) is 0 Å². The SMILES string of the molecule is O=C(c1ccn[nH]1)N1CC2(C1)OCC[C@H]2CCOCc1ccccn1. The maximum Gasteiger partial charge on any atom is 0.272 e. The van der Waals surface area contributed by atoms with Gasteiger partial charge in [0.15, 0.2) is 0 Å². The fraction of sp³-hybridized carbons (Fsp3) is 0.500. The highest BCUT2D eigenvalue weighted by atomic mass is 16.5. The third kappa shape index (κ3) is 3.29. The smallest absolute Gasteiger partial charge is 0.272 e. The number of pyridine rings is 1. The predicted molar refractivity (Wildman–Crippen MR) is 89.8 cm³/mol. The van der Waals surface area contributed by atoms with Crippen LogP contribution in [0.5, 0.6) is 0 Å². The molecule has 4 heterocycles. The summed E-state index contributed by atoms with van der Waals surface area (Å²) in [4.78, 5) is 18.4. The number of rotatable bonds is 6. The Hall–Kier alpha value is -2.25. The minimum Gasteiger partial charge on any atom is -0.375 e. The molecule has 25 heavy (non-hydrogen) atoms. The summed E-state index contributed by atoms with van der Waals surface area (Å²) < 4.78 is 11.8. The number of aromatic amines is 1. The first kappa shape index (κ1) is 16.2. The van der Waals surface area contributed by atoms with Crippen molar-refractivity contribution in [2.45, 2.75) is 25.0 Å². The van der Waals surface area contributed by atoms with E-state index in [-0.39, 0.29) is 11.5 Å². The number of carbonyl (C=O) groups is 1. The molecule has 2 saturated heterocycles. The number of nitrogens with one attached hydrogen (secondary N) is 1. The van der Waals surface area contributed by atoms with Gasteiger partial charge in [0.2, 0.25) is 0 Å². The highest BCUT2D eigenvalue weighted by Crippen LogP contribution is 2.42. The molecule has 0 unspecified atom stereocenters. The van der Waals surface area contributed by atoms with Crippen molar-refractivity contribution in [1.29, 1.82) is 0 Å². The summed E-state index contributed by atoms with van der Waals surface area (Å²) in [5.41, 5.74) is 1.28. The molecule has 0 aromatic carbocycles. The van der Waals surface area contributed by atoms with Gasteiger partial charge in [-0.25, -0.2) is 0 Å². The number of carbonyl (C=O) groups excluding carboxylic acids is 1. The molecule has 1 N–H and O–H groups in total. The quantitative estimate of drug-likeness (QED) is 0.807. The molecule has 0 radical (unpaired) electrons. The van der Waals surface area contributed by atoms with Gasteiger partial charge < -0.3 is 14.4 Å². The predicted octanol–water partition coefficient (Wildman–Crippen LogP) is 1.64. The zero-order chi connectivity index (χ0) is 17.1. The van der Waals surface area contributed by atoms with Crippen LogP contribution >= 0.6 is 0 Å².